The Balaban J connectivity index is 1.77. The van der Waals surface area contributed by atoms with E-state index in [9.17, 15) is 0 Å². The van der Waals surface area contributed by atoms with E-state index >= 15 is 0 Å². The molecule has 0 N–H and O–H groups in total. The SMILES string of the molecule is C=C(CCc1cc(C(C)C)c2c(c1C)C(=C)C1=C(C)[C@@]3(C)C(=C)C(C(=C)C)=C(C)C[C@@]3(C)C[C@@]1(C)C2)OCCCCCC. The van der Waals surface area contributed by atoms with Gasteiger partial charge in [0.15, 0.2) is 0 Å². The van der Waals surface area contributed by atoms with Crippen LogP contribution in [0.3, 0.4) is 0 Å². The highest BCUT2D eigenvalue weighted by Crippen LogP contribution is 2.70. The van der Waals surface area contributed by atoms with Crippen LogP contribution in [0.5, 0.6) is 0 Å². The van der Waals surface area contributed by atoms with Gasteiger partial charge in [-0.15, -0.1) is 0 Å². The summed E-state index contributed by atoms with van der Waals surface area (Å²) < 4.78 is 6.04. The van der Waals surface area contributed by atoms with Crippen molar-refractivity contribution in [3.8, 4) is 0 Å². The molecule has 0 saturated heterocycles. The van der Waals surface area contributed by atoms with Gasteiger partial charge in [0, 0.05) is 11.8 Å². The number of benzene rings is 1. The largest absolute Gasteiger partial charge is 0.499 e. The highest BCUT2D eigenvalue weighted by atomic mass is 16.5. The van der Waals surface area contributed by atoms with E-state index in [1.807, 2.05) is 0 Å². The number of rotatable bonds is 11. The van der Waals surface area contributed by atoms with Crippen LogP contribution in [-0.4, -0.2) is 6.61 Å². The van der Waals surface area contributed by atoms with Crippen molar-refractivity contribution in [2.45, 2.75) is 133 Å². The number of hydrogen-bond acceptors (Lipinski definition) is 1. The predicted octanol–water partition coefficient (Wildman–Crippen LogP) is 12.3. The zero-order chi connectivity index (χ0) is 32.1. The fourth-order valence-electron chi connectivity index (χ4n) is 9.55. The van der Waals surface area contributed by atoms with Crippen molar-refractivity contribution in [1.82, 2.24) is 0 Å². The molecule has 1 nitrogen and oxygen atoms in total. The monoisotopic (exact) mass is 580 g/mol. The molecule has 0 bridgehead atoms. The molecule has 0 radical (unpaired) electrons. The van der Waals surface area contributed by atoms with Crippen molar-refractivity contribution in [3.05, 3.63) is 99.4 Å². The molecule has 0 heterocycles. The molecule has 0 aliphatic heterocycles. The van der Waals surface area contributed by atoms with Gasteiger partial charge in [0.25, 0.3) is 0 Å². The Morgan fingerprint density at radius 2 is 1.67 bits per heavy atom. The lowest BCUT2D eigenvalue weighted by Crippen LogP contribution is -2.52. The molecule has 0 saturated carbocycles. The topological polar surface area (TPSA) is 9.23 Å². The van der Waals surface area contributed by atoms with Crippen LogP contribution >= 0.6 is 0 Å². The van der Waals surface area contributed by atoms with E-state index in [4.69, 9.17) is 17.9 Å². The number of unbranched alkanes of at least 4 members (excludes halogenated alkanes) is 3. The lowest BCUT2D eigenvalue weighted by atomic mass is 9.41. The average molecular weight is 581 g/mol. The van der Waals surface area contributed by atoms with Gasteiger partial charge in [-0.05, 0) is 127 Å². The Hall–Kier alpha value is -2.54. The Labute approximate surface area is 265 Å². The first kappa shape index (κ1) is 33.4. The minimum Gasteiger partial charge on any atom is -0.499 e. The smallest absolute Gasteiger partial charge is 0.0891 e. The van der Waals surface area contributed by atoms with E-state index in [0.29, 0.717) is 5.92 Å². The Morgan fingerprint density at radius 1 is 1.00 bits per heavy atom. The summed E-state index contributed by atoms with van der Waals surface area (Å²) in [6.07, 6.45) is 9.98. The lowest BCUT2D eigenvalue weighted by molar-refractivity contribution is 0.0543. The quantitative estimate of drug-likeness (QED) is 0.187. The molecule has 0 fully saturated rings. The molecule has 1 aromatic carbocycles. The summed E-state index contributed by atoms with van der Waals surface area (Å²) in [5.74, 6) is 1.37. The second kappa shape index (κ2) is 12.1. The molecule has 3 aliphatic rings. The summed E-state index contributed by atoms with van der Waals surface area (Å²) in [6, 6.07) is 2.51. The second-order valence-corrected chi connectivity index (χ2v) is 15.4. The summed E-state index contributed by atoms with van der Waals surface area (Å²) in [5, 5.41) is 0. The minimum atomic E-state index is -0.130. The highest BCUT2D eigenvalue weighted by Gasteiger charge is 2.59. The summed E-state index contributed by atoms with van der Waals surface area (Å²) in [5.41, 5.74) is 16.6. The van der Waals surface area contributed by atoms with Crippen molar-refractivity contribution in [1.29, 1.82) is 0 Å². The first-order valence-corrected chi connectivity index (χ1v) is 17.0. The van der Waals surface area contributed by atoms with Crippen molar-refractivity contribution in [2.24, 2.45) is 16.2 Å². The van der Waals surface area contributed by atoms with E-state index in [2.05, 4.69) is 88.5 Å². The maximum Gasteiger partial charge on any atom is 0.0891 e. The summed E-state index contributed by atoms with van der Waals surface area (Å²) in [7, 11) is 0. The second-order valence-electron chi connectivity index (χ2n) is 15.4. The molecule has 0 aromatic heterocycles. The van der Waals surface area contributed by atoms with Crippen LogP contribution < -0.4 is 0 Å². The number of hydrogen-bond donors (Lipinski definition) is 0. The molecule has 1 heteroatoms. The van der Waals surface area contributed by atoms with Crippen LogP contribution in [0.4, 0.5) is 0 Å². The molecular weight excluding hydrogens is 520 g/mol. The van der Waals surface area contributed by atoms with Crippen LogP contribution in [-0.2, 0) is 17.6 Å². The van der Waals surface area contributed by atoms with Gasteiger partial charge in [0.05, 0.1) is 12.4 Å². The van der Waals surface area contributed by atoms with E-state index in [-0.39, 0.29) is 16.2 Å². The van der Waals surface area contributed by atoms with Crippen LogP contribution in [0.1, 0.15) is 141 Å². The van der Waals surface area contributed by atoms with Crippen molar-refractivity contribution in [3.63, 3.8) is 0 Å². The third-order valence-electron chi connectivity index (χ3n) is 11.7. The van der Waals surface area contributed by atoms with Gasteiger partial charge in [-0.25, -0.2) is 0 Å². The zero-order valence-electron chi connectivity index (χ0n) is 29.5. The molecule has 3 aliphatic carbocycles. The van der Waals surface area contributed by atoms with Crippen LogP contribution in [0, 0.1) is 23.2 Å². The molecule has 4 rings (SSSR count). The molecule has 43 heavy (non-hydrogen) atoms. The first-order valence-electron chi connectivity index (χ1n) is 17.0. The van der Waals surface area contributed by atoms with Crippen molar-refractivity contribution >= 4 is 5.57 Å². The lowest BCUT2D eigenvalue weighted by Gasteiger charge is -2.62. The van der Waals surface area contributed by atoms with Gasteiger partial charge in [-0.1, -0.05) is 110 Å². The molecule has 3 atom stereocenters. The van der Waals surface area contributed by atoms with Crippen LogP contribution in [0.15, 0.2) is 71.6 Å². The van der Waals surface area contributed by atoms with E-state index < -0.39 is 0 Å². The Bertz CT molecular complexity index is 1420. The molecular formula is C42H60O. The summed E-state index contributed by atoms with van der Waals surface area (Å²) in [4.78, 5) is 0. The van der Waals surface area contributed by atoms with Crippen molar-refractivity contribution in [2.75, 3.05) is 6.61 Å². The van der Waals surface area contributed by atoms with Crippen LogP contribution in [0.25, 0.3) is 5.57 Å². The van der Waals surface area contributed by atoms with E-state index in [1.54, 1.807) is 0 Å². The first-order chi connectivity index (χ1) is 20.0. The fourth-order valence-corrected chi connectivity index (χ4v) is 9.55. The number of allylic oxidation sites excluding steroid dienone is 8. The maximum atomic E-state index is 6.04. The van der Waals surface area contributed by atoms with Gasteiger partial charge in [0.2, 0.25) is 0 Å². The minimum absolute atomic E-state index is 0.0429. The van der Waals surface area contributed by atoms with Gasteiger partial charge in [-0.2, -0.15) is 0 Å². The standard InChI is InChI=1S/C42H60O/c1-15-16-17-18-21-43-29(7)19-20-34-22-35(26(2)3)36-24-40(12)25-41(13)23-28(6)37(27(4)5)32(10)42(41,14)33(11)39(40)31(9)38(36)30(34)8/h22,26H,4,7,9-10,15-21,23-25H2,1-3,5-6,8,11-14H3/t40-,41+,42-/m1/s1. The van der Waals surface area contributed by atoms with Gasteiger partial charge in [0.1, 0.15) is 0 Å². The highest BCUT2D eigenvalue weighted by molar-refractivity contribution is 5.87. The number of fused-ring (bicyclic) bond motifs is 3. The third kappa shape index (κ3) is 5.49. The molecule has 0 spiro atoms. The molecule has 234 valence electrons. The van der Waals surface area contributed by atoms with Gasteiger partial charge < -0.3 is 4.74 Å². The predicted molar refractivity (Wildman–Crippen MR) is 188 cm³/mol. The Kier molecular flexibility index (Phi) is 9.38. The van der Waals surface area contributed by atoms with Crippen molar-refractivity contribution < 1.29 is 4.74 Å². The van der Waals surface area contributed by atoms with E-state index in [0.717, 1.165) is 56.5 Å². The van der Waals surface area contributed by atoms with Gasteiger partial charge >= 0.3 is 0 Å². The summed E-state index contributed by atoms with van der Waals surface area (Å²) >= 11 is 0. The summed E-state index contributed by atoms with van der Waals surface area (Å²) in [6.45, 7) is 42.8. The fraction of sp³-hybridized carbons (Fsp3) is 0.571. The average Bonchev–Trinajstić information content (AvgIpc) is 2.89. The normalized spacial score (nSPS) is 26.9. The number of ether oxygens (including phenoxy) is 1. The number of aryl methyl sites for hydroxylation is 1. The molecule has 0 unspecified atom stereocenters. The van der Waals surface area contributed by atoms with E-state index in [1.165, 1.54) is 80.5 Å². The maximum absolute atomic E-state index is 6.04. The molecule has 1 aromatic rings. The Morgan fingerprint density at radius 3 is 2.28 bits per heavy atom. The zero-order valence-corrected chi connectivity index (χ0v) is 29.5. The van der Waals surface area contributed by atoms with Gasteiger partial charge in [-0.3, -0.25) is 0 Å². The molecule has 0 amide bonds. The van der Waals surface area contributed by atoms with Crippen LogP contribution in [0.2, 0.25) is 0 Å². The third-order valence-corrected chi connectivity index (χ3v) is 11.7.